The second kappa shape index (κ2) is 16.1. The highest BCUT2D eigenvalue weighted by Crippen LogP contribution is 2.35. The van der Waals surface area contributed by atoms with Gasteiger partial charge in [0.1, 0.15) is 17.4 Å². The monoisotopic (exact) mass is 783 g/mol. The number of anilines is 4. The number of alkyl halides is 3. The van der Waals surface area contributed by atoms with E-state index in [1.54, 1.807) is 11.8 Å². The smallest absolute Gasteiger partial charge is 0.371 e. The van der Waals surface area contributed by atoms with Gasteiger partial charge in [0.15, 0.2) is 0 Å². The molecule has 57 heavy (non-hydrogen) atoms. The molecule has 4 aliphatic heterocycles. The van der Waals surface area contributed by atoms with E-state index in [1.165, 1.54) is 12.4 Å². The minimum atomic E-state index is -4.64. The maximum Gasteiger partial charge on any atom is 0.421 e. The largest absolute Gasteiger partial charge is 0.421 e. The van der Waals surface area contributed by atoms with Crippen LogP contribution in [0.3, 0.4) is 0 Å². The quantitative estimate of drug-likeness (QED) is 0.195. The summed E-state index contributed by atoms with van der Waals surface area (Å²) in [5.74, 6) is -1.14. The number of rotatable bonds is 10. The van der Waals surface area contributed by atoms with Crippen LogP contribution in [0.25, 0.3) is 0 Å². The lowest BCUT2D eigenvalue weighted by atomic mass is 10.0. The molecule has 0 radical (unpaired) electrons. The molecule has 3 saturated heterocycles. The summed E-state index contributed by atoms with van der Waals surface area (Å²) in [4.78, 5) is 62.5. The van der Waals surface area contributed by atoms with Crippen LogP contribution in [-0.2, 0) is 35.4 Å². The van der Waals surface area contributed by atoms with Crippen molar-refractivity contribution < 1.29 is 27.6 Å². The Hall–Kier alpha value is -5.68. The predicted octanol–water partition coefficient (Wildman–Crippen LogP) is 4.50. The number of carbonyl (C=O) groups is 3. The van der Waals surface area contributed by atoms with Gasteiger partial charge in [-0.3, -0.25) is 39.5 Å². The number of benzene rings is 2. The first-order valence-electron chi connectivity index (χ1n) is 19.3. The molecule has 1 unspecified atom stereocenters. The topological polar surface area (TPSA) is 152 Å². The van der Waals surface area contributed by atoms with Crippen LogP contribution in [0.5, 0.6) is 0 Å². The van der Waals surface area contributed by atoms with Crippen molar-refractivity contribution in [2.75, 3.05) is 54.8 Å². The predicted molar refractivity (Wildman–Crippen MR) is 205 cm³/mol. The van der Waals surface area contributed by atoms with Crippen LogP contribution in [-0.4, -0.2) is 104 Å². The van der Waals surface area contributed by atoms with Crippen molar-refractivity contribution in [3.8, 4) is 0 Å². The van der Waals surface area contributed by atoms with Crippen LogP contribution in [0.2, 0.25) is 0 Å². The first kappa shape index (κ1) is 38.2. The van der Waals surface area contributed by atoms with E-state index in [0.717, 1.165) is 81.7 Å². The SMILES string of the molecule is Cc1nccnc1CNc1nc(Nc2ccc(N3CCC(N4CCN(Cc5ccc6c(c5)CN(C5CCC(=O)NC5=O)C6=O)CC4)CC3)cc2)ncc1C(F)(F)F. The number of piperidine rings is 2. The third-order valence-corrected chi connectivity index (χ3v) is 11.4. The maximum atomic E-state index is 13.8. The average Bonchev–Trinajstić information content (AvgIpc) is 3.52. The molecule has 1 atom stereocenters. The number of aryl methyl sites for hydroxylation is 1. The molecule has 4 aliphatic rings. The van der Waals surface area contributed by atoms with E-state index in [2.05, 4.69) is 56.7 Å². The van der Waals surface area contributed by atoms with Gasteiger partial charge >= 0.3 is 6.18 Å². The Labute approximate surface area is 327 Å². The van der Waals surface area contributed by atoms with Gasteiger partial charge in [0.25, 0.3) is 5.91 Å². The van der Waals surface area contributed by atoms with E-state index in [-0.39, 0.29) is 36.5 Å². The van der Waals surface area contributed by atoms with E-state index in [9.17, 15) is 27.6 Å². The molecule has 0 spiro atoms. The standard InChI is InChI=1S/C40H44F3N11O3/c1-25-33(45-13-12-44-25)22-46-36-32(40(41,42)43)21-47-39(50-36)48-28-3-5-29(6-4-28)52-14-10-30(11-15-52)53-18-16-51(17-19-53)23-26-2-7-31-27(20-26)24-54(38(31)57)34-8-9-35(55)49-37(34)56/h2-7,12-13,20-21,30,34H,8-11,14-19,22-24H2,1H3,(H,49,55,56)(H2,46,47,48,50). The number of amides is 3. The van der Waals surface area contributed by atoms with Gasteiger partial charge in [0.05, 0.1) is 17.9 Å². The minimum Gasteiger partial charge on any atom is -0.371 e. The molecule has 0 aliphatic carbocycles. The highest BCUT2D eigenvalue weighted by molar-refractivity contribution is 6.05. The van der Waals surface area contributed by atoms with Crippen molar-refractivity contribution in [2.24, 2.45) is 0 Å². The highest BCUT2D eigenvalue weighted by atomic mass is 19.4. The summed E-state index contributed by atoms with van der Waals surface area (Å²) in [7, 11) is 0. The molecule has 2 aromatic heterocycles. The Balaban J connectivity index is 0.801. The Morgan fingerprint density at radius 3 is 2.37 bits per heavy atom. The van der Waals surface area contributed by atoms with Gasteiger partial charge in [0.2, 0.25) is 17.8 Å². The van der Waals surface area contributed by atoms with Gasteiger partial charge in [-0.1, -0.05) is 12.1 Å². The molecule has 298 valence electrons. The molecule has 3 amide bonds. The number of hydrogen-bond donors (Lipinski definition) is 3. The molecule has 17 heteroatoms. The Morgan fingerprint density at radius 1 is 0.895 bits per heavy atom. The average molecular weight is 784 g/mol. The van der Waals surface area contributed by atoms with Crippen LogP contribution in [0.4, 0.5) is 36.3 Å². The van der Waals surface area contributed by atoms with E-state index in [1.807, 2.05) is 36.4 Å². The fourth-order valence-corrected chi connectivity index (χ4v) is 8.21. The first-order chi connectivity index (χ1) is 27.5. The van der Waals surface area contributed by atoms with Crippen molar-refractivity contribution >= 4 is 40.9 Å². The van der Waals surface area contributed by atoms with E-state index in [0.29, 0.717) is 41.6 Å². The molecule has 8 rings (SSSR count). The number of fused-ring (bicyclic) bond motifs is 1. The van der Waals surface area contributed by atoms with Crippen molar-refractivity contribution in [3.63, 3.8) is 0 Å². The van der Waals surface area contributed by atoms with Crippen molar-refractivity contribution in [1.82, 2.24) is 40.0 Å². The number of nitrogens with one attached hydrogen (secondary N) is 3. The number of hydrogen-bond acceptors (Lipinski definition) is 12. The number of piperazine rings is 1. The minimum absolute atomic E-state index is 0.0264. The van der Waals surface area contributed by atoms with Gasteiger partial charge in [-0.05, 0) is 67.6 Å². The lowest BCUT2D eigenvalue weighted by Crippen LogP contribution is -2.53. The fraction of sp³-hybridized carbons (Fsp3) is 0.425. The number of halogens is 3. The van der Waals surface area contributed by atoms with E-state index >= 15 is 0 Å². The molecule has 0 saturated carbocycles. The van der Waals surface area contributed by atoms with Gasteiger partial charge in [-0.2, -0.15) is 18.2 Å². The zero-order chi connectivity index (χ0) is 39.7. The summed E-state index contributed by atoms with van der Waals surface area (Å²) in [6, 6.07) is 13.6. The zero-order valence-electron chi connectivity index (χ0n) is 31.6. The molecular weight excluding hydrogens is 740 g/mol. The molecule has 6 heterocycles. The summed E-state index contributed by atoms with van der Waals surface area (Å²) in [6.45, 7) is 8.66. The number of aromatic nitrogens is 4. The number of nitrogens with zero attached hydrogens (tertiary/aromatic N) is 8. The van der Waals surface area contributed by atoms with Crippen LogP contribution >= 0.6 is 0 Å². The van der Waals surface area contributed by atoms with Crippen LogP contribution < -0.4 is 20.9 Å². The van der Waals surface area contributed by atoms with Crippen LogP contribution in [0.15, 0.2) is 61.1 Å². The van der Waals surface area contributed by atoms with E-state index < -0.39 is 23.7 Å². The lowest BCUT2D eigenvalue weighted by Gasteiger charge is -2.43. The second-order valence-corrected chi connectivity index (χ2v) is 15.0. The Bertz CT molecular complexity index is 2140. The second-order valence-electron chi connectivity index (χ2n) is 15.0. The third kappa shape index (κ3) is 8.54. The van der Waals surface area contributed by atoms with Crippen molar-refractivity contribution in [1.29, 1.82) is 0 Å². The van der Waals surface area contributed by atoms with Gasteiger partial charge < -0.3 is 20.4 Å². The number of imide groups is 1. The summed E-state index contributed by atoms with van der Waals surface area (Å²) < 4.78 is 41.3. The van der Waals surface area contributed by atoms with Gasteiger partial charge in [-0.15, -0.1) is 0 Å². The maximum absolute atomic E-state index is 13.8. The first-order valence-corrected chi connectivity index (χ1v) is 19.3. The Kier molecular flexibility index (Phi) is 10.8. The molecule has 3 N–H and O–H groups in total. The van der Waals surface area contributed by atoms with Gasteiger partial charge in [-0.25, -0.2) is 4.98 Å². The Morgan fingerprint density at radius 2 is 1.65 bits per heavy atom. The molecular formula is C40H44F3N11O3. The fourth-order valence-electron chi connectivity index (χ4n) is 8.21. The van der Waals surface area contributed by atoms with Crippen molar-refractivity contribution in [2.45, 2.75) is 70.5 Å². The molecule has 14 nitrogen and oxygen atoms in total. The van der Waals surface area contributed by atoms with Crippen LogP contribution in [0, 0.1) is 6.92 Å². The molecule has 2 aromatic carbocycles. The summed E-state index contributed by atoms with van der Waals surface area (Å²) in [5.41, 5.74) is 4.61. The third-order valence-electron chi connectivity index (χ3n) is 11.4. The normalized spacial score (nSPS) is 19.8. The van der Waals surface area contributed by atoms with Gasteiger partial charge in [0, 0.05) is 100 Å². The zero-order valence-corrected chi connectivity index (χ0v) is 31.6. The molecule has 3 fully saturated rings. The summed E-state index contributed by atoms with van der Waals surface area (Å²) in [5, 5.41) is 8.16. The lowest BCUT2D eigenvalue weighted by molar-refractivity contribution is -0.138. The van der Waals surface area contributed by atoms with Crippen LogP contribution in [0.1, 0.15) is 64.1 Å². The van der Waals surface area contributed by atoms with Crippen molar-refractivity contribution in [3.05, 3.63) is 94.7 Å². The molecule has 0 bridgehead atoms. The highest BCUT2D eigenvalue weighted by Gasteiger charge is 2.39. The van der Waals surface area contributed by atoms with E-state index in [4.69, 9.17) is 0 Å². The number of carbonyl (C=O) groups excluding carboxylic acids is 3. The molecule has 4 aromatic rings. The summed E-state index contributed by atoms with van der Waals surface area (Å²) in [6.07, 6.45) is 1.84. The summed E-state index contributed by atoms with van der Waals surface area (Å²) >= 11 is 0.